The van der Waals surface area contributed by atoms with Crippen LogP contribution in [0.2, 0.25) is 0 Å². The Balaban J connectivity index is 1.09. The van der Waals surface area contributed by atoms with Crippen LogP contribution in [0.1, 0.15) is 0 Å². The number of fused-ring (bicyclic) bond motifs is 3. The van der Waals surface area contributed by atoms with E-state index in [-0.39, 0.29) is 0 Å². The van der Waals surface area contributed by atoms with Crippen LogP contribution in [-0.2, 0) is 0 Å². The second-order valence-corrected chi connectivity index (χ2v) is 13.5. The lowest BCUT2D eigenvalue weighted by atomic mass is 9.93. The third-order valence-electron chi connectivity index (χ3n) is 10.1. The molecule has 248 valence electrons. The first kappa shape index (κ1) is 30.6. The summed E-state index contributed by atoms with van der Waals surface area (Å²) in [5.74, 6) is 0. The minimum absolute atomic E-state index is 0.841. The summed E-state index contributed by atoms with van der Waals surface area (Å²) in [5.41, 5.74) is 14.0. The molecule has 4 nitrogen and oxygen atoms in total. The maximum absolute atomic E-state index is 5.11. The van der Waals surface area contributed by atoms with Gasteiger partial charge in [-0.15, -0.1) is 10.2 Å². The van der Waals surface area contributed by atoms with E-state index >= 15 is 0 Å². The van der Waals surface area contributed by atoms with Gasteiger partial charge in [-0.3, -0.25) is 4.98 Å². The Hall–Kier alpha value is -7.17. The van der Waals surface area contributed by atoms with Gasteiger partial charge in [-0.05, 0) is 126 Å². The summed E-state index contributed by atoms with van der Waals surface area (Å²) >= 11 is 0. The first-order valence-electron chi connectivity index (χ1n) is 17.8. The molecule has 0 N–H and O–H groups in total. The highest BCUT2D eigenvalue weighted by Crippen LogP contribution is 2.37. The van der Waals surface area contributed by atoms with E-state index in [1.54, 1.807) is 11.0 Å². The van der Waals surface area contributed by atoms with Crippen molar-refractivity contribution in [2.75, 3.05) is 0 Å². The van der Waals surface area contributed by atoms with E-state index in [9.17, 15) is 0 Å². The van der Waals surface area contributed by atoms with Crippen molar-refractivity contribution in [3.05, 3.63) is 194 Å². The van der Waals surface area contributed by atoms with Crippen molar-refractivity contribution in [2.24, 2.45) is 0 Å². The van der Waals surface area contributed by atoms with Gasteiger partial charge in [0.1, 0.15) is 11.0 Å². The van der Waals surface area contributed by atoms with Crippen molar-refractivity contribution >= 4 is 32.6 Å². The van der Waals surface area contributed by atoms with Crippen LogP contribution in [0.3, 0.4) is 0 Å². The molecular formula is C49H32N4. The molecule has 10 rings (SSSR count). The SMILES string of the molecule is c1ccc(-c2ccc3cc(-c4cc(-c5ccc6cc(-c7ccccc7)ccc6c5)c5nn(-c6ccc(-c7cccnc7)cc6)nc5c4)ccc3c2)cc1. The fourth-order valence-corrected chi connectivity index (χ4v) is 7.30. The summed E-state index contributed by atoms with van der Waals surface area (Å²) in [6, 6.07) is 64.7. The molecular weight excluding hydrogens is 645 g/mol. The van der Waals surface area contributed by atoms with E-state index < -0.39 is 0 Å². The summed E-state index contributed by atoms with van der Waals surface area (Å²) in [6.07, 6.45) is 3.67. The predicted octanol–water partition coefficient (Wildman–Crippen LogP) is 12.5. The van der Waals surface area contributed by atoms with E-state index in [0.29, 0.717) is 0 Å². The molecule has 0 aliphatic carbocycles. The highest BCUT2D eigenvalue weighted by atomic mass is 15.5. The van der Waals surface area contributed by atoms with Crippen molar-refractivity contribution in [1.29, 1.82) is 0 Å². The fraction of sp³-hybridized carbons (Fsp3) is 0. The monoisotopic (exact) mass is 676 g/mol. The molecule has 0 saturated heterocycles. The summed E-state index contributed by atoms with van der Waals surface area (Å²) in [5, 5.41) is 15.0. The number of hydrogen-bond acceptors (Lipinski definition) is 3. The molecule has 0 amide bonds. The van der Waals surface area contributed by atoms with Crippen LogP contribution < -0.4 is 0 Å². The normalized spacial score (nSPS) is 11.4. The molecule has 2 aromatic heterocycles. The highest BCUT2D eigenvalue weighted by molar-refractivity contribution is 6.00. The Morgan fingerprint density at radius 3 is 1.40 bits per heavy atom. The van der Waals surface area contributed by atoms with Crippen molar-refractivity contribution in [1.82, 2.24) is 20.0 Å². The Kier molecular flexibility index (Phi) is 7.43. The lowest BCUT2D eigenvalue weighted by Crippen LogP contribution is -1.98. The average molecular weight is 677 g/mol. The Morgan fingerprint density at radius 1 is 0.340 bits per heavy atom. The highest BCUT2D eigenvalue weighted by Gasteiger charge is 2.16. The third-order valence-corrected chi connectivity index (χ3v) is 10.1. The quantitative estimate of drug-likeness (QED) is 0.176. The maximum atomic E-state index is 5.11. The van der Waals surface area contributed by atoms with Gasteiger partial charge in [0, 0.05) is 18.0 Å². The smallest absolute Gasteiger partial charge is 0.121 e. The van der Waals surface area contributed by atoms with Gasteiger partial charge in [-0.25, -0.2) is 0 Å². The van der Waals surface area contributed by atoms with Gasteiger partial charge in [0.2, 0.25) is 0 Å². The zero-order valence-electron chi connectivity index (χ0n) is 28.8. The Bertz CT molecular complexity index is 2910. The van der Waals surface area contributed by atoms with E-state index in [2.05, 4.69) is 181 Å². The molecule has 10 aromatic rings. The van der Waals surface area contributed by atoms with Crippen LogP contribution >= 0.6 is 0 Å². The standard InChI is InChI=1S/C49H32N4/c1-3-8-33(9-4-1)36-13-15-39-28-42(18-17-38(39)26-36)45-30-47(43-20-19-40-27-37(14-16-41(40)29-43)34-10-5-2-6-11-34)49-48(31-45)51-53(52-49)46-23-21-35(22-24-46)44-12-7-25-50-32-44/h1-32H. The summed E-state index contributed by atoms with van der Waals surface area (Å²) in [6.45, 7) is 0. The molecule has 0 saturated carbocycles. The number of nitrogens with zero attached hydrogens (tertiary/aromatic N) is 4. The summed E-state index contributed by atoms with van der Waals surface area (Å²) < 4.78 is 0. The molecule has 2 heterocycles. The van der Waals surface area contributed by atoms with Crippen LogP contribution in [-0.4, -0.2) is 20.0 Å². The van der Waals surface area contributed by atoms with Crippen molar-refractivity contribution in [3.63, 3.8) is 0 Å². The number of aromatic nitrogens is 4. The topological polar surface area (TPSA) is 43.6 Å². The van der Waals surface area contributed by atoms with Gasteiger partial charge < -0.3 is 0 Å². The van der Waals surface area contributed by atoms with E-state index in [1.807, 2.05) is 12.3 Å². The Labute approximate surface area is 307 Å². The molecule has 0 aliphatic rings. The third kappa shape index (κ3) is 5.82. The molecule has 0 radical (unpaired) electrons. The second kappa shape index (κ2) is 12.9. The maximum Gasteiger partial charge on any atom is 0.121 e. The number of hydrogen-bond donors (Lipinski definition) is 0. The minimum Gasteiger partial charge on any atom is -0.264 e. The average Bonchev–Trinajstić information content (AvgIpc) is 3.68. The summed E-state index contributed by atoms with van der Waals surface area (Å²) in [4.78, 5) is 6.04. The molecule has 0 fully saturated rings. The van der Waals surface area contributed by atoms with Gasteiger partial charge in [0.15, 0.2) is 0 Å². The van der Waals surface area contributed by atoms with Gasteiger partial charge in [-0.1, -0.05) is 127 Å². The number of pyridine rings is 1. The zero-order valence-corrected chi connectivity index (χ0v) is 28.8. The largest absolute Gasteiger partial charge is 0.264 e. The van der Waals surface area contributed by atoms with Crippen molar-refractivity contribution in [3.8, 4) is 61.3 Å². The molecule has 53 heavy (non-hydrogen) atoms. The van der Waals surface area contributed by atoms with Gasteiger partial charge >= 0.3 is 0 Å². The number of rotatable bonds is 6. The van der Waals surface area contributed by atoms with Crippen LogP contribution in [0.4, 0.5) is 0 Å². The van der Waals surface area contributed by atoms with Crippen LogP contribution in [0.25, 0.3) is 93.9 Å². The predicted molar refractivity (Wildman–Crippen MR) is 219 cm³/mol. The van der Waals surface area contributed by atoms with Gasteiger partial charge in [0.05, 0.1) is 5.69 Å². The van der Waals surface area contributed by atoms with Crippen LogP contribution in [0, 0.1) is 0 Å². The minimum atomic E-state index is 0.841. The molecule has 8 aromatic carbocycles. The molecule has 4 heteroatoms. The first-order chi connectivity index (χ1) is 26.2. The zero-order chi connectivity index (χ0) is 35.1. The van der Waals surface area contributed by atoms with Gasteiger partial charge in [0.25, 0.3) is 0 Å². The molecule has 0 bridgehead atoms. The summed E-state index contributed by atoms with van der Waals surface area (Å²) in [7, 11) is 0. The lowest BCUT2D eigenvalue weighted by Gasteiger charge is -2.11. The molecule has 0 aliphatic heterocycles. The number of benzene rings is 8. The van der Waals surface area contributed by atoms with E-state index in [4.69, 9.17) is 10.2 Å². The van der Waals surface area contributed by atoms with Crippen LogP contribution in [0.15, 0.2) is 194 Å². The van der Waals surface area contributed by atoms with E-state index in [0.717, 1.165) is 50.1 Å². The van der Waals surface area contributed by atoms with Gasteiger partial charge in [-0.2, -0.15) is 4.80 Å². The second-order valence-electron chi connectivity index (χ2n) is 13.5. The first-order valence-corrected chi connectivity index (χ1v) is 17.8. The molecule has 0 spiro atoms. The molecule has 0 atom stereocenters. The van der Waals surface area contributed by atoms with Crippen LogP contribution in [0.5, 0.6) is 0 Å². The Morgan fingerprint density at radius 2 is 0.830 bits per heavy atom. The lowest BCUT2D eigenvalue weighted by molar-refractivity contribution is 0.766. The van der Waals surface area contributed by atoms with E-state index in [1.165, 1.54) is 43.8 Å². The fourth-order valence-electron chi connectivity index (χ4n) is 7.30. The van der Waals surface area contributed by atoms with Crippen molar-refractivity contribution in [2.45, 2.75) is 0 Å². The molecule has 0 unspecified atom stereocenters. The van der Waals surface area contributed by atoms with Crippen molar-refractivity contribution < 1.29 is 0 Å².